The number of H-pyrrole nitrogens is 1. The van der Waals surface area contributed by atoms with Crippen molar-refractivity contribution in [3.63, 3.8) is 0 Å². The van der Waals surface area contributed by atoms with E-state index in [1.807, 2.05) is 0 Å². The van der Waals surface area contributed by atoms with Crippen LogP contribution >= 0.6 is 0 Å². The van der Waals surface area contributed by atoms with Gasteiger partial charge in [0, 0.05) is 51.1 Å². The van der Waals surface area contributed by atoms with E-state index in [0.29, 0.717) is 58.2 Å². The number of rotatable bonds is 9. The molecule has 0 spiro atoms. The van der Waals surface area contributed by atoms with Gasteiger partial charge in [-0.2, -0.15) is 31.4 Å². The van der Waals surface area contributed by atoms with E-state index >= 15 is 0 Å². The number of amides is 1. The quantitative estimate of drug-likeness (QED) is 0.340. The molecule has 0 unspecified atom stereocenters. The van der Waals surface area contributed by atoms with E-state index in [-0.39, 0.29) is 37.4 Å². The number of piperazine rings is 1. The Kier molecular flexibility index (Phi) is 9.12. The Morgan fingerprint density at radius 1 is 1.10 bits per heavy atom. The topological polar surface area (TPSA) is 126 Å². The molecule has 0 aromatic carbocycles. The third-order valence-corrected chi connectivity index (χ3v) is 6.65. The minimum atomic E-state index is -4.90. The van der Waals surface area contributed by atoms with Crippen molar-refractivity contribution in [2.24, 2.45) is 5.92 Å². The lowest BCUT2D eigenvalue weighted by Gasteiger charge is -2.34. The third-order valence-electron chi connectivity index (χ3n) is 6.65. The standard InChI is InChI=1S/C23H27F6N7O4/c24-22(25,26)15-9-30-21(31-10-15)36-5-3-35(4-6-36)18(37)2-8-40-13-17(14-1-7-39-12-14)33-16-11-32-34-20(38)19(16)23(27,28)29/h9-11,14,17H,1-8,12-13H2,(H2,33,34,38)/t14-,17-/m1/s1. The van der Waals surface area contributed by atoms with Crippen molar-refractivity contribution in [2.45, 2.75) is 31.2 Å². The number of nitrogens with one attached hydrogen (secondary N) is 2. The van der Waals surface area contributed by atoms with Crippen molar-refractivity contribution in [1.82, 2.24) is 25.1 Å². The first-order chi connectivity index (χ1) is 18.9. The van der Waals surface area contributed by atoms with E-state index in [2.05, 4.69) is 20.4 Å². The van der Waals surface area contributed by atoms with Crippen LogP contribution < -0.4 is 15.8 Å². The van der Waals surface area contributed by atoms with Crippen LogP contribution in [0.25, 0.3) is 0 Å². The van der Waals surface area contributed by atoms with Crippen LogP contribution in [-0.4, -0.2) is 89.6 Å². The van der Waals surface area contributed by atoms with Gasteiger partial charge in [0.25, 0.3) is 5.56 Å². The zero-order valence-electron chi connectivity index (χ0n) is 21.1. The van der Waals surface area contributed by atoms with Crippen molar-refractivity contribution in [3.8, 4) is 0 Å². The van der Waals surface area contributed by atoms with Crippen LogP contribution in [0.5, 0.6) is 0 Å². The first-order valence-electron chi connectivity index (χ1n) is 12.4. The number of nitrogens with zero attached hydrogens (tertiary/aromatic N) is 5. The summed E-state index contributed by atoms with van der Waals surface area (Å²) in [6, 6.07) is -0.630. The largest absolute Gasteiger partial charge is 0.423 e. The average molecular weight is 580 g/mol. The van der Waals surface area contributed by atoms with Crippen LogP contribution in [0.1, 0.15) is 24.0 Å². The van der Waals surface area contributed by atoms with Gasteiger partial charge >= 0.3 is 12.4 Å². The van der Waals surface area contributed by atoms with Crippen molar-refractivity contribution >= 4 is 17.5 Å². The minimum Gasteiger partial charge on any atom is -0.381 e. The Labute approximate surface area is 223 Å². The van der Waals surface area contributed by atoms with Crippen molar-refractivity contribution in [1.29, 1.82) is 0 Å². The van der Waals surface area contributed by atoms with Crippen molar-refractivity contribution in [2.75, 3.05) is 62.8 Å². The van der Waals surface area contributed by atoms with Crippen LogP contribution in [0.3, 0.4) is 0 Å². The van der Waals surface area contributed by atoms with E-state index in [1.165, 1.54) is 0 Å². The van der Waals surface area contributed by atoms with Crippen molar-refractivity contribution in [3.05, 3.63) is 40.1 Å². The van der Waals surface area contributed by atoms with Gasteiger partial charge in [-0.1, -0.05) is 0 Å². The van der Waals surface area contributed by atoms with E-state index in [9.17, 15) is 35.9 Å². The van der Waals surface area contributed by atoms with Gasteiger partial charge in [0.2, 0.25) is 11.9 Å². The molecule has 0 bridgehead atoms. The zero-order chi connectivity index (χ0) is 28.9. The lowest BCUT2D eigenvalue weighted by atomic mass is 9.99. The van der Waals surface area contributed by atoms with Crippen LogP contribution in [0.15, 0.2) is 23.4 Å². The SMILES string of the molecule is O=C(CCOC[C@@H](Nc1cn[nH]c(=O)c1C(F)(F)F)[C@@H]1CCOC1)N1CCN(c2ncc(C(F)(F)F)cn2)CC1. The van der Waals surface area contributed by atoms with E-state index in [0.717, 1.165) is 6.20 Å². The molecule has 1 amide bonds. The summed E-state index contributed by atoms with van der Waals surface area (Å²) >= 11 is 0. The number of ether oxygens (including phenoxy) is 2. The Morgan fingerprint density at radius 2 is 1.80 bits per heavy atom. The molecule has 2 aliphatic rings. The Bertz CT molecular complexity index is 1190. The van der Waals surface area contributed by atoms with Crippen LogP contribution in [0, 0.1) is 5.92 Å². The summed E-state index contributed by atoms with van der Waals surface area (Å²) in [5.74, 6) is -0.251. The number of aromatic amines is 1. The number of hydrogen-bond donors (Lipinski definition) is 2. The second-order valence-electron chi connectivity index (χ2n) is 9.32. The number of hydrogen-bond acceptors (Lipinski definition) is 9. The van der Waals surface area contributed by atoms with Gasteiger partial charge in [-0.05, 0) is 6.42 Å². The molecular formula is C23H27F6N7O4. The molecule has 0 aliphatic carbocycles. The number of halogens is 6. The van der Waals surface area contributed by atoms with Gasteiger partial charge in [0.15, 0.2) is 0 Å². The van der Waals surface area contributed by atoms with Gasteiger partial charge in [0.1, 0.15) is 5.56 Å². The van der Waals surface area contributed by atoms with Gasteiger partial charge in [-0.3, -0.25) is 9.59 Å². The zero-order valence-corrected chi connectivity index (χ0v) is 21.1. The van der Waals surface area contributed by atoms with Gasteiger partial charge in [-0.25, -0.2) is 15.1 Å². The van der Waals surface area contributed by atoms with E-state index < -0.39 is 40.8 Å². The lowest BCUT2D eigenvalue weighted by Crippen LogP contribution is -2.49. The number of carbonyl (C=O) groups excluding carboxylic acids is 1. The van der Waals surface area contributed by atoms with E-state index in [1.54, 1.807) is 14.9 Å². The molecule has 2 atom stereocenters. The lowest BCUT2D eigenvalue weighted by molar-refractivity contribution is -0.139. The highest BCUT2D eigenvalue weighted by atomic mass is 19.4. The fourth-order valence-electron chi connectivity index (χ4n) is 4.47. The Hall–Kier alpha value is -3.47. The monoisotopic (exact) mass is 579 g/mol. The first kappa shape index (κ1) is 29.5. The van der Waals surface area contributed by atoms with Crippen molar-refractivity contribution < 1.29 is 40.6 Å². The highest BCUT2D eigenvalue weighted by molar-refractivity contribution is 5.76. The molecule has 4 rings (SSSR count). The molecular weight excluding hydrogens is 552 g/mol. The van der Waals surface area contributed by atoms with Crippen LogP contribution in [0.4, 0.5) is 38.0 Å². The molecule has 2 aromatic rings. The van der Waals surface area contributed by atoms with Crippen LogP contribution in [-0.2, 0) is 26.6 Å². The number of aromatic nitrogens is 4. The third kappa shape index (κ3) is 7.38. The fraction of sp³-hybridized carbons (Fsp3) is 0.609. The number of alkyl halides is 6. The molecule has 2 saturated heterocycles. The molecule has 4 heterocycles. The highest BCUT2D eigenvalue weighted by Crippen LogP contribution is 2.33. The summed E-state index contributed by atoms with van der Waals surface area (Å²) in [5.41, 5.74) is -4.17. The predicted molar refractivity (Wildman–Crippen MR) is 127 cm³/mol. The number of anilines is 2. The second kappa shape index (κ2) is 12.4. The second-order valence-corrected chi connectivity index (χ2v) is 9.32. The molecule has 2 aromatic heterocycles. The molecule has 2 fully saturated rings. The molecule has 2 N–H and O–H groups in total. The number of carbonyl (C=O) groups is 1. The smallest absolute Gasteiger partial charge is 0.381 e. The molecule has 40 heavy (non-hydrogen) atoms. The maximum absolute atomic E-state index is 13.5. The molecule has 220 valence electrons. The van der Waals surface area contributed by atoms with Gasteiger partial charge in [-0.15, -0.1) is 0 Å². The predicted octanol–water partition coefficient (Wildman–Crippen LogP) is 2.17. The highest BCUT2D eigenvalue weighted by Gasteiger charge is 2.39. The molecule has 0 saturated carbocycles. The maximum Gasteiger partial charge on any atom is 0.423 e. The summed E-state index contributed by atoms with van der Waals surface area (Å²) in [4.78, 5) is 35.3. The molecule has 11 nitrogen and oxygen atoms in total. The normalized spacial score (nSPS) is 19.1. The van der Waals surface area contributed by atoms with Gasteiger partial charge < -0.3 is 24.6 Å². The average Bonchev–Trinajstić information content (AvgIpc) is 3.44. The molecule has 0 radical (unpaired) electrons. The fourth-order valence-corrected chi connectivity index (χ4v) is 4.47. The molecule has 2 aliphatic heterocycles. The minimum absolute atomic E-state index is 0.00652. The Morgan fingerprint density at radius 3 is 2.40 bits per heavy atom. The van der Waals surface area contributed by atoms with E-state index in [4.69, 9.17) is 9.47 Å². The van der Waals surface area contributed by atoms with Gasteiger partial charge in [0.05, 0.1) is 49.7 Å². The summed E-state index contributed by atoms with van der Waals surface area (Å²) in [6.45, 7) is 1.98. The summed E-state index contributed by atoms with van der Waals surface area (Å²) in [7, 11) is 0. The summed E-state index contributed by atoms with van der Waals surface area (Å²) in [5, 5.41) is 8.00. The summed E-state index contributed by atoms with van der Waals surface area (Å²) < 4.78 is 89.5. The molecule has 17 heteroatoms. The maximum atomic E-state index is 13.5. The Balaban J connectivity index is 1.26. The van der Waals surface area contributed by atoms with Crippen LogP contribution in [0.2, 0.25) is 0 Å². The summed E-state index contributed by atoms with van der Waals surface area (Å²) in [6.07, 6.45) is -6.51. The first-order valence-corrected chi connectivity index (χ1v) is 12.4.